The van der Waals surface area contributed by atoms with Crippen molar-refractivity contribution in [1.29, 1.82) is 0 Å². The van der Waals surface area contributed by atoms with Crippen molar-refractivity contribution in [2.45, 2.75) is 12.7 Å². The molecule has 1 N–H and O–H groups in total. The second kappa shape index (κ2) is 8.87. The van der Waals surface area contributed by atoms with Crippen molar-refractivity contribution in [3.8, 4) is 5.75 Å². The second-order valence-electron chi connectivity index (χ2n) is 4.99. The summed E-state index contributed by atoms with van der Waals surface area (Å²) in [5.74, 6) is 0.549. The third kappa shape index (κ3) is 6.06. The average Bonchev–Trinajstić information content (AvgIpc) is 2.55. The predicted molar refractivity (Wildman–Crippen MR) is 84.9 cm³/mol. The molecule has 122 valence electrons. The third-order valence-corrected chi connectivity index (χ3v) is 3.17. The number of ether oxygens (including phenoxy) is 2. The molecule has 0 aliphatic heterocycles. The maximum Gasteiger partial charge on any atom is 0.233 e. The Morgan fingerprint density at radius 2 is 1.87 bits per heavy atom. The Morgan fingerprint density at radius 1 is 1.09 bits per heavy atom. The summed E-state index contributed by atoms with van der Waals surface area (Å²) in [6.45, 7) is 0.785. The van der Waals surface area contributed by atoms with Crippen LogP contribution in [0.5, 0.6) is 5.75 Å². The van der Waals surface area contributed by atoms with Gasteiger partial charge in [0.15, 0.2) is 0 Å². The molecule has 0 radical (unpaired) electrons. The maximum atomic E-state index is 10.4. The van der Waals surface area contributed by atoms with Crippen LogP contribution in [-0.2, 0) is 11.3 Å². The van der Waals surface area contributed by atoms with E-state index in [1.54, 1.807) is 24.3 Å². The fraction of sp³-hybridized carbons (Fsp3) is 0.294. The van der Waals surface area contributed by atoms with Crippen LogP contribution in [0.25, 0.3) is 0 Å². The molecule has 6 nitrogen and oxygen atoms in total. The minimum absolute atomic E-state index is 0.363. The minimum Gasteiger partial charge on any atom is -0.491 e. The molecule has 0 aliphatic rings. The van der Waals surface area contributed by atoms with Gasteiger partial charge >= 0.3 is 0 Å². The molecule has 0 spiro atoms. The van der Waals surface area contributed by atoms with Crippen molar-refractivity contribution in [3.63, 3.8) is 0 Å². The van der Waals surface area contributed by atoms with Gasteiger partial charge in [0.25, 0.3) is 0 Å². The molecule has 0 saturated carbocycles. The number of rotatable bonds is 9. The van der Waals surface area contributed by atoms with Crippen molar-refractivity contribution in [2.75, 3.05) is 19.8 Å². The van der Waals surface area contributed by atoms with E-state index in [9.17, 15) is 15.2 Å². The van der Waals surface area contributed by atoms with Crippen LogP contribution in [-0.4, -0.2) is 29.8 Å². The maximum absolute atomic E-state index is 10.4. The molecule has 0 saturated heterocycles. The van der Waals surface area contributed by atoms with Gasteiger partial charge in [-0.15, -0.1) is 0 Å². The van der Waals surface area contributed by atoms with E-state index >= 15 is 0 Å². The second-order valence-corrected chi connectivity index (χ2v) is 4.99. The van der Waals surface area contributed by atoms with E-state index in [1.807, 2.05) is 30.3 Å². The highest BCUT2D eigenvalue weighted by atomic mass is 16.6. The largest absolute Gasteiger partial charge is 0.491 e. The molecule has 0 aromatic heterocycles. The number of hydrogen-bond donors (Lipinski definition) is 1. The molecule has 0 aliphatic carbocycles. The first-order chi connectivity index (χ1) is 11.1. The Morgan fingerprint density at radius 3 is 2.61 bits per heavy atom. The molecule has 2 rings (SSSR count). The van der Waals surface area contributed by atoms with Gasteiger partial charge in [0.2, 0.25) is 6.54 Å². The van der Waals surface area contributed by atoms with Gasteiger partial charge in [-0.1, -0.05) is 42.5 Å². The van der Waals surface area contributed by atoms with Crippen LogP contribution in [0.4, 0.5) is 0 Å². The van der Waals surface area contributed by atoms with Crippen LogP contribution >= 0.6 is 0 Å². The molecule has 0 fully saturated rings. The molecular formula is C17H19NO5. The van der Waals surface area contributed by atoms with Crippen LogP contribution < -0.4 is 4.74 Å². The zero-order valence-electron chi connectivity index (χ0n) is 12.6. The molecule has 0 heterocycles. The Balaban J connectivity index is 1.74. The highest BCUT2D eigenvalue weighted by Gasteiger charge is 2.14. The lowest BCUT2D eigenvalue weighted by molar-refractivity contribution is -0.491. The number of aliphatic hydroxyl groups is 1. The summed E-state index contributed by atoms with van der Waals surface area (Å²) in [4.78, 5) is 9.88. The Kier molecular flexibility index (Phi) is 6.53. The zero-order chi connectivity index (χ0) is 16.5. The fourth-order valence-corrected chi connectivity index (χ4v) is 2.04. The summed E-state index contributed by atoms with van der Waals surface area (Å²) in [6, 6.07) is 16.5. The molecule has 0 amide bonds. The Bertz CT molecular complexity index is 617. The molecule has 1 atom stereocenters. The first kappa shape index (κ1) is 16.9. The number of hydrogen-bond acceptors (Lipinski definition) is 5. The molecule has 6 heteroatoms. The lowest BCUT2D eigenvalue weighted by Crippen LogP contribution is -2.12. The van der Waals surface area contributed by atoms with Crippen LogP contribution in [0.2, 0.25) is 0 Å². The van der Waals surface area contributed by atoms with E-state index in [1.165, 1.54) is 0 Å². The third-order valence-electron chi connectivity index (χ3n) is 3.17. The quantitative estimate of drug-likeness (QED) is 0.437. The highest BCUT2D eigenvalue weighted by Crippen LogP contribution is 2.19. The number of nitrogens with zero attached hydrogens (tertiary/aromatic N) is 1. The molecule has 2 aromatic carbocycles. The summed E-state index contributed by atoms with van der Waals surface area (Å²) in [6.07, 6.45) is -1.14. The van der Waals surface area contributed by atoms with Gasteiger partial charge in [0, 0.05) is 4.92 Å². The first-order valence-electron chi connectivity index (χ1n) is 7.29. The number of benzene rings is 2. The van der Waals surface area contributed by atoms with E-state index in [2.05, 4.69) is 0 Å². The van der Waals surface area contributed by atoms with E-state index in [-0.39, 0.29) is 0 Å². The van der Waals surface area contributed by atoms with Crippen molar-refractivity contribution in [1.82, 2.24) is 0 Å². The monoisotopic (exact) mass is 317 g/mol. The van der Waals surface area contributed by atoms with Gasteiger partial charge in [-0.05, 0) is 23.3 Å². The van der Waals surface area contributed by atoms with Crippen molar-refractivity contribution >= 4 is 0 Å². The van der Waals surface area contributed by atoms with E-state index in [0.717, 1.165) is 5.56 Å². The standard InChI is InChI=1S/C17H19NO5/c19-17(12-18(20)21)15-7-4-8-16(11-15)23-10-9-22-13-14-5-2-1-3-6-14/h1-8,11,17,19H,9-10,12-13H2/t17-/m1/s1. The number of nitro groups is 1. The molecule has 0 bridgehead atoms. The van der Waals surface area contributed by atoms with Crippen molar-refractivity contribution in [3.05, 3.63) is 75.8 Å². The summed E-state index contributed by atoms with van der Waals surface area (Å²) in [5, 5.41) is 20.2. The van der Waals surface area contributed by atoms with Gasteiger partial charge in [-0.25, -0.2) is 0 Å². The average molecular weight is 317 g/mol. The Labute approximate surface area is 134 Å². The minimum atomic E-state index is -1.14. The van der Waals surface area contributed by atoms with E-state index in [4.69, 9.17) is 9.47 Å². The van der Waals surface area contributed by atoms with E-state index in [0.29, 0.717) is 31.1 Å². The SMILES string of the molecule is O=[N+]([O-])C[C@@H](O)c1cccc(OCCOCc2ccccc2)c1. The van der Waals surface area contributed by atoms with Crippen LogP contribution in [0.15, 0.2) is 54.6 Å². The van der Waals surface area contributed by atoms with Gasteiger partial charge in [-0.2, -0.15) is 0 Å². The summed E-state index contributed by atoms with van der Waals surface area (Å²) in [7, 11) is 0. The molecule has 0 unspecified atom stereocenters. The topological polar surface area (TPSA) is 81.8 Å². The fourth-order valence-electron chi connectivity index (χ4n) is 2.04. The zero-order valence-corrected chi connectivity index (χ0v) is 12.6. The summed E-state index contributed by atoms with van der Waals surface area (Å²) >= 11 is 0. The van der Waals surface area contributed by atoms with Gasteiger partial charge in [-0.3, -0.25) is 10.1 Å². The van der Waals surface area contributed by atoms with Gasteiger partial charge in [0.1, 0.15) is 18.5 Å². The van der Waals surface area contributed by atoms with Crippen molar-refractivity contribution in [2.24, 2.45) is 0 Å². The van der Waals surface area contributed by atoms with Crippen LogP contribution in [0.3, 0.4) is 0 Å². The normalized spacial score (nSPS) is 11.9. The number of aliphatic hydroxyl groups excluding tert-OH is 1. The lowest BCUT2D eigenvalue weighted by atomic mass is 10.1. The summed E-state index contributed by atoms with van der Waals surface area (Å²) in [5.41, 5.74) is 1.56. The first-order valence-corrected chi connectivity index (χ1v) is 7.29. The van der Waals surface area contributed by atoms with E-state index < -0.39 is 17.6 Å². The van der Waals surface area contributed by atoms with Gasteiger partial charge < -0.3 is 14.6 Å². The van der Waals surface area contributed by atoms with Gasteiger partial charge in [0.05, 0.1) is 13.2 Å². The van der Waals surface area contributed by atoms with Crippen LogP contribution in [0.1, 0.15) is 17.2 Å². The van der Waals surface area contributed by atoms with Crippen molar-refractivity contribution < 1.29 is 19.5 Å². The molecular weight excluding hydrogens is 298 g/mol. The molecule has 23 heavy (non-hydrogen) atoms. The smallest absolute Gasteiger partial charge is 0.233 e. The predicted octanol–water partition coefficient (Wildman–Crippen LogP) is 2.59. The highest BCUT2D eigenvalue weighted by molar-refractivity contribution is 5.29. The van der Waals surface area contributed by atoms with Crippen LogP contribution in [0, 0.1) is 10.1 Å². The Hall–Kier alpha value is -2.44. The summed E-state index contributed by atoms with van der Waals surface area (Å²) < 4.78 is 11.0. The molecule has 2 aromatic rings. The lowest BCUT2D eigenvalue weighted by Gasteiger charge is -2.10.